The van der Waals surface area contributed by atoms with Gasteiger partial charge < -0.3 is 4.74 Å². The second-order valence-electron chi connectivity index (χ2n) is 4.64. The summed E-state index contributed by atoms with van der Waals surface area (Å²) in [4.78, 5) is 0. The maximum Gasteiger partial charge on any atom is 0.134 e. The minimum atomic E-state index is 0.856. The highest BCUT2D eigenvalue weighted by Crippen LogP contribution is 2.27. The van der Waals surface area contributed by atoms with Gasteiger partial charge in [-0.3, -0.25) is 0 Å². The maximum absolute atomic E-state index is 5.96. The zero-order valence-electron chi connectivity index (χ0n) is 12.3. The van der Waals surface area contributed by atoms with Crippen molar-refractivity contribution in [2.24, 2.45) is 0 Å². The minimum Gasteiger partial charge on any atom is -0.457 e. The average molecular weight is 264 g/mol. The fraction of sp³-hybridized carbons (Fsp3) is 0.158. The molecule has 102 valence electrons. The van der Waals surface area contributed by atoms with Gasteiger partial charge in [-0.2, -0.15) is 0 Å². The zero-order chi connectivity index (χ0) is 14.4. The Hall–Kier alpha value is -2.28. The van der Waals surface area contributed by atoms with Gasteiger partial charge in [0.05, 0.1) is 0 Å². The molecule has 0 fully saturated rings. The van der Waals surface area contributed by atoms with Gasteiger partial charge in [-0.05, 0) is 50.1 Å². The van der Waals surface area contributed by atoms with Gasteiger partial charge in [0, 0.05) is 5.56 Å². The molecule has 2 aromatic carbocycles. The molecule has 0 saturated carbocycles. The van der Waals surface area contributed by atoms with Crippen molar-refractivity contribution in [2.75, 3.05) is 0 Å². The SMILES string of the molecule is C/C=C/c1ccccc1Oc1ccc(/C(C)=C/C)cc1. The molecule has 0 bridgehead atoms. The zero-order valence-corrected chi connectivity index (χ0v) is 12.3. The summed E-state index contributed by atoms with van der Waals surface area (Å²) < 4.78 is 5.96. The molecule has 1 nitrogen and oxygen atoms in total. The van der Waals surface area contributed by atoms with Crippen LogP contribution in [-0.2, 0) is 0 Å². The molecule has 0 aliphatic rings. The summed E-state index contributed by atoms with van der Waals surface area (Å²) >= 11 is 0. The fourth-order valence-corrected chi connectivity index (χ4v) is 1.97. The summed E-state index contributed by atoms with van der Waals surface area (Å²) in [6.07, 6.45) is 6.17. The van der Waals surface area contributed by atoms with E-state index in [1.807, 2.05) is 62.4 Å². The quantitative estimate of drug-likeness (QED) is 0.664. The highest BCUT2D eigenvalue weighted by Gasteiger charge is 2.02. The van der Waals surface area contributed by atoms with Crippen molar-refractivity contribution >= 4 is 11.6 Å². The van der Waals surface area contributed by atoms with Gasteiger partial charge >= 0.3 is 0 Å². The van der Waals surface area contributed by atoms with E-state index in [4.69, 9.17) is 4.74 Å². The second-order valence-corrected chi connectivity index (χ2v) is 4.64. The standard InChI is InChI=1S/C19H20O/c1-4-8-17-9-6-7-10-19(17)20-18-13-11-16(12-14-18)15(3)5-2/h4-14H,1-3H3/b8-4+,15-5+. The van der Waals surface area contributed by atoms with Gasteiger partial charge in [0.2, 0.25) is 0 Å². The summed E-state index contributed by atoms with van der Waals surface area (Å²) in [5.41, 5.74) is 3.58. The summed E-state index contributed by atoms with van der Waals surface area (Å²) in [6, 6.07) is 16.2. The first-order valence-corrected chi connectivity index (χ1v) is 6.87. The first-order valence-electron chi connectivity index (χ1n) is 6.87. The average Bonchev–Trinajstić information content (AvgIpc) is 2.49. The predicted octanol–water partition coefficient (Wildman–Crippen LogP) is 5.94. The Balaban J connectivity index is 2.22. The molecular weight excluding hydrogens is 244 g/mol. The normalized spacial score (nSPS) is 11.8. The predicted molar refractivity (Wildman–Crippen MR) is 87.0 cm³/mol. The van der Waals surface area contributed by atoms with Crippen LogP contribution < -0.4 is 4.74 Å². The van der Waals surface area contributed by atoms with Gasteiger partial charge in [-0.1, -0.05) is 48.6 Å². The Morgan fingerprint density at radius 1 is 0.950 bits per heavy atom. The summed E-state index contributed by atoms with van der Waals surface area (Å²) in [7, 11) is 0. The van der Waals surface area contributed by atoms with Crippen molar-refractivity contribution in [2.45, 2.75) is 20.8 Å². The van der Waals surface area contributed by atoms with Crippen LogP contribution in [0.1, 0.15) is 31.9 Å². The molecule has 0 heterocycles. The Kier molecular flexibility index (Phi) is 4.78. The Bertz CT molecular complexity index is 618. The van der Waals surface area contributed by atoms with Gasteiger partial charge in [-0.25, -0.2) is 0 Å². The van der Waals surface area contributed by atoms with Crippen LogP contribution in [0.25, 0.3) is 11.6 Å². The molecule has 0 radical (unpaired) electrons. The van der Waals surface area contributed by atoms with Crippen LogP contribution in [0.2, 0.25) is 0 Å². The van der Waals surface area contributed by atoms with Crippen LogP contribution in [-0.4, -0.2) is 0 Å². The third-order valence-electron chi connectivity index (χ3n) is 3.24. The molecule has 2 rings (SSSR count). The first kappa shape index (κ1) is 14.1. The molecule has 0 spiro atoms. The smallest absolute Gasteiger partial charge is 0.134 e. The number of ether oxygens (including phenoxy) is 1. The van der Waals surface area contributed by atoms with Gasteiger partial charge in [0.25, 0.3) is 0 Å². The molecule has 1 heteroatoms. The summed E-state index contributed by atoms with van der Waals surface area (Å²) in [6.45, 7) is 6.16. The molecule has 0 N–H and O–H groups in total. The Morgan fingerprint density at radius 3 is 2.30 bits per heavy atom. The molecule has 20 heavy (non-hydrogen) atoms. The van der Waals surface area contributed by atoms with E-state index in [2.05, 4.69) is 25.1 Å². The lowest BCUT2D eigenvalue weighted by Crippen LogP contribution is -1.88. The molecule has 0 saturated heterocycles. The molecule has 0 unspecified atom stereocenters. The van der Waals surface area contributed by atoms with E-state index in [-0.39, 0.29) is 0 Å². The van der Waals surface area contributed by atoms with Gasteiger partial charge in [0.15, 0.2) is 0 Å². The Labute approximate surface area is 121 Å². The van der Waals surface area contributed by atoms with Crippen LogP contribution in [0, 0.1) is 0 Å². The van der Waals surface area contributed by atoms with Crippen molar-refractivity contribution in [3.63, 3.8) is 0 Å². The number of hydrogen-bond donors (Lipinski definition) is 0. The van der Waals surface area contributed by atoms with Crippen LogP contribution in [0.15, 0.2) is 60.7 Å². The number of benzene rings is 2. The van der Waals surface area contributed by atoms with Crippen LogP contribution >= 0.6 is 0 Å². The molecule has 0 aliphatic carbocycles. The highest BCUT2D eigenvalue weighted by molar-refractivity contribution is 5.64. The van der Waals surface area contributed by atoms with Crippen molar-refractivity contribution in [1.29, 1.82) is 0 Å². The van der Waals surface area contributed by atoms with Gasteiger partial charge in [0.1, 0.15) is 11.5 Å². The van der Waals surface area contributed by atoms with E-state index in [9.17, 15) is 0 Å². The van der Waals surface area contributed by atoms with Crippen LogP contribution in [0.4, 0.5) is 0 Å². The lowest BCUT2D eigenvalue weighted by Gasteiger charge is -2.09. The molecule has 0 amide bonds. The van der Waals surface area contributed by atoms with E-state index in [1.165, 1.54) is 11.1 Å². The number of para-hydroxylation sites is 1. The van der Waals surface area contributed by atoms with E-state index in [0.717, 1.165) is 17.1 Å². The topological polar surface area (TPSA) is 9.23 Å². The van der Waals surface area contributed by atoms with E-state index in [1.54, 1.807) is 0 Å². The second kappa shape index (κ2) is 6.76. The van der Waals surface area contributed by atoms with E-state index in [0.29, 0.717) is 0 Å². The van der Waals surface area contributed by atoms with Crippen LogP contribution in [0.5, 0.6) is 11.5 Å². The van der Waals surface area contributed by atoms with E-state index >= 15 is 0 Å². The minimum absolute atomic E-state index is 0.856. The first-order chi connectivity index (χ1) is 9.74. The van der Waals surface area contributed by atoms with Crippen molar-refractivity contribution < 1.29 is 4.74 Å². The summed E-state index contributed by atoms with van der Waals surface area (Å²) in [5.74, 6) is 1.73. The lowest BCUT2D eigenvalue weighted by molar-refractivity contribution is 0.481. The molecule has 0 atom stereocenters. The van der Waals surface area contributed by atoms with Gasteiger partial charge in [-0.15, -0.1) is 0 Å². The lowest BCUT2D eigenvalue weighted by atomic mass is 10.1. The highest BCUT2D eigenvalue weighted by atomic mass is 16.5. The largest absolute Gasteiger partial charge is 0.457 e. The Morgan fingerprint density at radius 2 is 1.65 bits per heavy atom. The van der Waals surface area contributed by atoms with E-state index < -0.39 is 0 Å². The monoisotopic (exact) mass is 264 g/mol. The number of allylic oxidation sites excluding steroid dienone is 3. The summed E-state index contributed by atoms with van der Waals surface area (Å²) in [5, 5.41) is 0. The van der Waals surface area contributed by atoms with Crippen molar-refractivity contribution in [1.82, 2.24) is 0 Å². The fourth-order valence-electron chi connectivity index (χ4n) is 1.97. The van der Waals surface area contributed by atoms with Crippen molar-refractivity contribution in [3.8, 4) is 11.5 Å². The number of hydrogen-bond acceptors (Lipinski definition) is 1. The third-order valence-corrected chi connectivity index (χ3v) is 3.24. The third kappa shape index (κ3) is 3.39. The molecule has 0 aromatic heterocycles. The molecular formula is C19H20O. The molecule has 0 aliphatic heterocycles. The maximum atomic E-state index is 5.96. The number of rotatable bonds is 4. The van der Waals surface area contributed by atoms with Crippen molar-refractivity contribution in [3.05, 3.63) is 71.8 Å². The molecule has 2 aromatic rings. The van der Waals surface area contributed by atoms with Crippen LogP contribution in [0.3, 0.4) is 0 Å².